The maximum atomic E-state index is 10.7. The summed E-state index contributed by atoms with van der Waals surface area (Å²) in [6.45, 7) is 3.52. The Kier molecular flexibility index (Phi) is 9.56. The van der Waals surface area contributed by atoms with Gasteiger partial charge in [-0.05, 0) is 37.5 Å². The van der Waals surface area contributed by atoms with E-state index in [0.29, 0.717) is 0 Å². The van der Waals surface area contributed by atoms with Gasteiger partial charge in [0.05, 0.1) is 0 Å². The highest BCUT2D eigenvalue weighted by Crippen LogP contribution is 2.11. The van der Waals surface area contributed by atoms with Gasteiger partial charge in [0.1, 0.15) is 0 Å². The van der Waals surface area contributed by atoms with Gasteiger partial charge in [-0.2, -0.15) is 0 Å². The maximum Gasteiger partial charge on any atom is 0.414 e. The lowest BCUT2D eigenvalue weighted by Crippen LogP contribution is -2.41. The summed E-state index contributed by atoms with van der Waals surface area (Å²) in [6, 6.07) is 8.08. The van der Waals surface area contributed by atoms with Gasteiger partial charge in [-0.3, -0.25) is 10.2 Å². The van der Waals surface area contributed by atoms with E-state index in [2.05, 4.69) is 10.9 Å². The Labute approximate surface area is 133 Å². The number of hydrogen-bond donors (Lipinski definition) is 4. The van der Waals surface area contributed by atoms with Crippen LogP contribution in [0.1, 0.15) is 25.8 Å². The average Bonchev–Trinajstić information content (AvgIpc) is 2.45. The molecule has 1 unspecified atom stereocenters. The number of nitrogens with one attached hydrogen (secondary N) is 2. The lowest BCUT2D eigenvalue weighted by Gasteiger charge is -2.13. The number of hydrogen-bond acceptors (Lipinski definition) is 4. The predicted molar refractivity (Wildman–Crippen MR) is 81.5 cm³/mol. The molecule has 0 aliphatic heterocycles. The molecule has 4 N–H and O–H groups in total. The number of rotatable bonds is 5. The number of halogens is 1. The Hall–Kier alpha value is -2.12. The second-order valence-corrected chi connectivity index (χ2v) is 4.94. The van der Waals surface area contributed by atoms with Crippen molar-refractivity contribution in [2.24, 2.45) is 0 Å². The fourth-order valence-corrected chi connectivity index (χ4v) is 1.46. The molecule has 0 spiro atoms. The Morgan fingerprint density at radius 1 is 1.14 bits per heavy atom. The average molecular weight is 331 g/mol. The van der Waals surface area contributed by atoms with Gasteiger partial charge in [-0.1, -0.05) is 23.7 Å². The van der Waals surface area contributed by atoms with Crippen molar-refractivity contribution in [2.45, 2.75) is 32.7 Å². The van der Waals surface area contributed by atoms with Gasteiger partial charge in [-0.25, -0.2) is 15.0 Å². The van der Waals surface area contributed by atoms with Crippen molar-refractivity contribution in [3.63, 3.8) is 0 Å². The maximum absolute atomic E-state index is 10.7. The highest BCUT2D eigenvalue weighted by molar-refractivity contribution is 6.30. The Bertz CT molecular complexity index is 492. The van der Waals surface area contributed by atoms with E-state index >= 15 is 0 Å². The monoisotopic (exact) mass is 330 g/mol. The zero-order chi connectivity index (χ0) is 17.1. The predicted octanol–water partition coefficient (Wildman–Crippen LogP) is 1.46. The normalized spacial score (nSPS) is 10.9. The molecule has 8 heteroatoms. The fourth-order valence-electron chi connectivity index (χ4n) is 1.33. The molecular weight excluding hydrogens is 312 g/mol. The standard InChI is InChI=1S/C12H17ClN2O.C2H2O4/c1-9(14-15-10(2)16)3-4-11-5-7-12(13)8-6-11;3-1(4)2(5)6/h5-9,14H,3-4H2,1-2H3,(H,15,16);(H,3,4)(H,5,6). The number of amides is 1. The minimum atomic E-state index is -1.82. The number of carbonyl (C=O) groups excluding carboxylic acids is 1. The summed E-state index contributed by atoms with van der Waals surface area (Å²) in [4.78, 5) is 28.9. The molecule has 122 valence electrons. The minimum absolute atomic E-state index is 0.0710. The molecule has 1 amide bonds. The molecule has 0 aliphatic carbocycles. The zero-order valence-electron chi connectivity index (χ0n) is 12.3. The Morgan fingerprint density at radius 2 is 1.64 bits per heavy atom. The van der Waals surface area contributed by atoms with E-state index in [9.17, 15) is 4.79 Å². The van der Waals surface area contributed by atoms with Crippen molar-refractivity contribution in [2.75, 3.05) is 0 Å². The number of carbonyl (C=O) groups is 3. The molecule has 1 rings (SSSR count). The molecule has 1 aromatic carbocycles. The van der Waals surface area contributed by atoms with Gasteiger partial charge in [0.15, 0.2) is 0 Å². The molecule has 0 saturated carbocycles. The summed E-state index contributed by atoms with van der Waals surface area (Å²) in [5.41, 5.74) is 6.77. The molecule has 0 radical (unpaired) electrons. The van der Waals surface area contributed by atoms with Crippen LogP contribution in [-0.2, 0) is 20.8 Å². The second-order valence-electron chi connectivity index (χ2n) is 4.50. The highest BCUT2D eigenvalue weighted by atomic mass is 35.5. The Morgan fingerprint density at radius 3 is 2.05 bits per heavy atom. The van der Waals surface area contributed by atoms with E-state index < -0.39 is 11.9 Å². The molecule has 0 aliphatic rings. The fraction of sp³-hybridized carbons (Fsp3) is 0.357. The van der Waals surface area contributed by atoms with Gasteiger partial charge in [0, 0.05) is 18.0 Å². The molecule has 22 heavy (non-hydrogen) atoms. The third-order valence-corrected chi connectivity index (χ3v) is 2.71. The van der Waals surface area contributed by atoms with Crippen molar-refractivity contribution in [3.8, 4) is 0 Å². The van der Waals surface area contributed by atoms with E-state index in [0.717, 1.165) is 17.9 Å². The van der Waals surface area contributed by atoms with Crippen molar-refractivity contribution < 1.29 is 24.6 Å². The summed E-state index contributed by atoms with van der Waals surface area (Å²) in [6.07, 6.45) is 1.92. The molecule has 0 bridgehead atoms. The number of hydrazine groups is 1. The molecule has 0 saturated heterocycles. The summed E-state index contributed by atoms with van der Waals surface area (Å²) in [5, 5.41) is 15.5. The van der Waals surface area contributed by atoms with Crippen LogP contribution in [0.4, 0.5) is 0 Å². The molecule has 0 aromatic heterocycles. The highest BCUT2D eigenvalue weighted by Gasteiger charge is 2.04. The van der Waals surface area contributed by atoms with Gasteiger partial charge in [0.25, 0.3) is 0 Å². The van der Waals surface area contributed by atoms with Gasteiger partial charge < -0.3 is 10.2 Å². The first-order chi connectivity index (χ1) is 10.2. The van der Waals surface area contributed by atoms with E-state index in [-0.39, 0.29) is 11.9 Å². The van der Waals surface area contributed by atoms with Crippen LogP contribution in [0.2, 0.25) is 5.02 Å². The van der Waals surface area contributed by atoms with Crippen molar-refractivity contribution in [3.05, 3.63) is 34.9 Å². The number of carboxylic acids is 2. The van der Waals surface area contributed by atoms with Gasteiger partial charge >= 0.3 is 11.9 Å². The van der Waals surface area contributed by atoms with Crippen molar-refractivity contribution in [1.29, 1.82) is 0 Å². The van der Waals surface area contributed by atoms with Crippen molar-refractivity contribution >= 4 is 29.4 Å². The molecule has 1 aromatic rings. The zero-order valence-corrected chi connectivity index (χ0v) is 13.1. The first-order valence-corrected chi connectivity index (χ1v) is 6.83. The Balaban J connectivity index is 0.000000626. The van der Waals surface area contributed by atoms with E-state index in [4.69, 9.17) is 31.4 Å². The molecule has 0 fully saturated rings. The van der Waals surface area contributed by atoms with E-state index in [1.54, 1.807) is 0 Å². The van der Waals surface area contributed by atoms with Crippen LogP contribution in [0, 0.1) is 0 Å². The van der Waals surface area contributed by atoms with Gasteiger partial charge in [-0.15, -0.1) is 0 Å². The quantitative estimate of drug-likeness (QED) is 0.480. The summed E-state index contributed by atoms with van der Waals surface area (Å²) in [5.74, 6) is -3.72. The third-order valence-electron chi connectivity index (χ3n) is 2.46. The summed E-state index contributed by atoms with van der Waals surface area (Å²) < 4.78 is 0. The SMILES string of the molecule is CC(=O)NNC(C)CCc1ccc(Cl)cc1.O=C(O)C(=O)O. The molecule has 1 atom stereocenters. The topological polar surface area (TPSA) is 116 Å². The van der Waals surface area contributed by atoms with Gasteiger partial charge in [0.2, 0.25) is 5.91 Å². The van der Waals surface area contributed by atoms with Crippen molar-refractivity contribution in [1.82, 2.24) is 10.9 Å². The van der Waals surface area contributed by atoms with Crippen LogP contribution in [0.15, 0.2) is 24.3 Å². The first kappa shape index (κ1) is 19.9. The van der Waals surface area contributed by atoms with Crippen LogP contribution in [0.25, 0.3) is 0 Å². The third kappa shape index (κ3) is 10.6. The summed E-state index contributed by atoms with van der Waals surface area (Å²) >= 11 is 5.80. The summed E-state index contributed by atoms with van der Waals surface area (Å²) in [7, 11) is 0. The van der Waals surface area contributed by atoms with Crippen LogP contribution < -0.4 is 10.9 Å². The molecule has 0 heterocycles. The lowest BCUT2D eigenvalue weighted by molar-refractivity contribution is -0.159. The largest absolute Gasteiger partial charge is 0.473 e. The van der Waals surface area contributed by atoms with Crippen LogP contribution >= 0.6 is 11.6 Å². The van der Waals surface area contributed by atoms with Crippen LogP contribution in [0.3, 0.4) is 0 Å². The number of carboxylic acid groups (broad SMARTS) is 2. The molecular formula is C14H19ClN2O5. The molecule has 7 nitrogen and oxygen atoms in total. The van der Waals surface area contributed by atoms with E-state index in [1.807, 2.05) is 31.2 Å². The van der Waals surface area contributed by atoms with Crippen LogP contribution in [-0.4, -0.2) is 34.1 Å². The second kappa shape index (κ2) is 10.6. The smallest absolute Gasteiger partial charge is 0.414 e. The first-order valence-electron chi connectivity index (χ1n) is 6.45. The lowest BCUT2D eigenvalue weighted by atomic mass is 10.1. The van der Waals surface area contributed by atoms with E-state index in [1.165, 1.54) is 12.5 Å². The minimum Gasteiger partial charge on any atom is -0.473 e. The number of benzene rings is 1. The number of aryl methyl sites for hydroxylation is 1. The number of aliphatic carboxylic acids is 2. The van der Waals surface area contributed by atoms with Crippen LogP contribution in [0.5, 0.6) is 0 Å².